The molecule has 0 aliphatic heterocycles. The van der Waals surface area contributed by atoms with Crippen molar-refractivity contribution < 1.29 is 4.42 Å². The van der Waals surface area contributed by atoms with Crippen LogP contribution in [0.15, 0.2) is 41.3 Å². The van der Waals surface area contributed by atoms with Gasteiger partial charge in [0.25, 0.3) is 0 Å². The summed E-state index contributed by atoms with van der Waals surface area (Å²) in [6.45, 7) is 0. The highest BCUT2D eigenvalue weighted by Gasteiger charge is 1.98. The zero-order chi connectivity index (χ0) is 8.39. The van der Waals surface area contributed by atoms with E-state index in [1.807, 2.05) is 18.2 Å². The molecule has 0 fully saturated rings. The van der Waals surface area contributed by atoms with E-state index in [2.05, 4.69) is 4.98 Å². The molecule has 0 aliphatic carbocycles. The zero-order valence-electron chi connectivity index (χ0n) is 6.40. The molecule has 60 valence electrons. The highest BCUT2D eigenvalue weighted by Crippen LogP contribution is 2.17. The molecule has 0 aliphatic rings. The van der Waals surface area contributed by atoms with Crippen LogP contribution in [0.4, 0.5) is 5.69 Å². The molecule has 3 heteroatoms. The number of hydrogen-bond acceptors (Lipinski definition) is 3. The van der Waals surface area contributed by atoms with Gasteiger partial charge in [0.2, 0.25) is 0 Å². The predicted octanol–water partition coefficient (Wildman–Crippen LogP) is 1.92. The van der Waals surface area contributed by atoms with E-state index in [1.165, 1.54) is 0 Å². The van der Waals surface area contributed by atoms with Gasteiger partial charge >= 0.3 is 0 Å². The van der Waals surface area contributed by atoms with E-state index in [0.717, 1.165) is 11.3 Å². The number of hydrogen-bond donors (Lipinski definition) is 1. The molecule has 12 heavy (non-hydrogen) atoms. The van der Waals surface area contributed by atoms with Crippen LogP contribution in [0.25, 0.3) is 11.3 Å². The highest BCUT2D eigenvalue weighted by atomic mass is 16.3. The van der Waals surface area contributed by atoms with Gasteiger partial charge in [-0.2, -0.15) is 0 Å². The second kappa shape index (κ2) is 2.70. The molecule has 2 N–H and O–H groups in total. The van der Waals surface area contributed by atoms with E-state index >= 15 is 0 Å². The summed E-state index contributed by atoms with van der Waals surface area (Å²) in [5.74, 6) is 0. The molecule has 0 saturated carbocycles. The van der Waals surface area contributed by atoms with Crippen LogP contribution in [0.3, 0.4) is 0 Å². The zero-order valence-corrected chi connectivity index (χ0v) is 6.40. The van der Waals surface area contributed by atoms with Gasteiger partial charge in [-0.3, -0.25) is 4.98 Å². The van der Waals surface area contributed by atoms with Crippen LogP contribution in [-0.2, 0) is 0 Å². The summed E-state index contributed by atoms with van der Waals surface area (Å²) in [5.41, 5.74) is 8.00. The lowest BCUT2D eigenvalue weighted by molar-refractivity contribution is 0.568. The Kier molecular flexibility index (Phi) is 1.55. The number of nitrogens with zero attached hydrogens (tertiary/aromatic N) is 1. The first-order valence-corrected chi connectivity index (χ1v) is 3.60. The second-order valence-electron chi connectivity index (χ2n) is 2.49. The fourth-order valence-corrected chi connectivity index (χ4v) is 0.986. The van der Waals surface area contributed by atoms with Crippen LogP contribution in [0, 0.1) is 0 Å². The van der Waals surface area contributed by atoms with Crippen LogP contribution in [-0.4, -0.2) is 4.98 Å². The van der Waals surface area contributed by atoms with Crippen molar-refractivity contribution in [3.63, 3.8) is 0 Å². The maximum atomic E-state index is 5.49. The molecular formula is C9H8N2O. The standard InChI is InChI=1S/C9H8N2O/c10-8-1-2-9(11-5-8)7-3-4-12-6-7/h1-6H,10H2. The lowest BCUT2D eigenvalue weighted by Gasteiger charge is -1.95. The van der Waals surface area contributed by atoms with E-state index in [4.69, 9.17) is 10.2 Å². The lowest BCUT2D eigenvalue weighted by atomic mass is 10.2. The molecule has 2 aromatic rings. The van der Waals surface area contributed by atoms with E-state index in [1.54, 1.807) is 18.7 Å². The van der Waals surface area contributed by atoms with Crippen molar-refractivity contribution in [1.82, 2.24) is 4.98 Å². The van der Waals surface area contributed by atoms with E-state index in [9.17, 15) is 0 Å². The van der Waals surface area contributed by atoms with Gasteiger partial charge in [-0.15, -0.1) is 0 Å². The van der Waals surface area contributed by atoms with E-state index in [0.29, 0.717) is 5.69 Å². The Morgan fingerprint density at radius 3 is 2.75 bits per heavy atom. The normalized spacial score (nSPS) is 10.0. The van der Waals surface area contributed by atoms with Crippen molar-refractivity contribution in [2.45, 2.75) is 0 Å². The van der Waals surface area contributed by atoms with Crippen molar-refractivity contribution in [2.75, 3.05) is 5.73 Å². The third kappa shape index (κ3) is 1.16. The minimum Gasteiger partial charge on any atom is -0.472 e. The molecule has 0 unspecified atom stereocenters. The van der Waals surface area contributed by atoms with Gasteiger partial charge in [0.1, 0.15) is 0 Å². The van der Waals surface area contributed by atoms with Gasteiger partial charge in [0, 0.05) is 5.56 Å². The van der Waals surface area contributed by atoms with E-state index in [-0.39, 0.29) is 0 Å². The molecule has 3 nitrogen and oxygen atoms in total. The van der Waals surface area contributed by atoms with Crippen molar-refractivity contribution in [1.29, 1.82) is 0 Å². The third-order valence-corrected chi connectivity index (χ3v) is 1.60. The monoisotopic (exact) mass is 160 g/mol. The number of nitrogens with two attached hydrogens (primary N) is 1. The van der Waals surface area contributed by atoms with Crippen molar-refractivity contribution in [3.05, 3.63) is 36.9 Å². The second-order valence-corrected chi connectivity index (χ2v) is 2.49. The summed E-state index contributed by atoms with van der Waals surface area (Å²) >= 11 is 0. The van der Waals surface area contributed by atoms with Gasteiger partial charge in [0.05, 0.1) is 30.1 Å². The van der Waals surface area contributed by atoms with Crippen LogP contribution in [0.1, 0.15) is 0 Å². The minimum atomic E-state index is 0.669. The Labute approximate surface area is 69.8 Å². The Hall–Kier alpha value is -1.77. The molecule has 0 atom stereocenters. The molecule has 2 heterocycles. The Bertz CT molecular complexity index is 351. The first-order valence-electron chi connectivity index (χ1n) is 3.60. The summed E-state index contributed by atoms with van der Waals surface area (Å²) in [4.78, 5) is 4.14. The van der Waals surface area contributed by atoms with Crippen LogP contribution < -0.4 is 5.73 Å². The van der Waals surface area contributed by atoms with Gasteiger partial charge in [0.15, 0.2) is 0 Å². The van der Waals surface area contributed by atoms with E-state index < -0.39 is 0 Å². The van der Waals surface area contributed by atoms with Gasteiger partial charge in [-0.05, 0) is 18.2 Å². The van der Waals surface area contributed by atoms with Crippen LogP contribution in [0.5, 0.6) is 0 Å². The number of aromatic nitrogens is 1. The van der Waals surface area contributed by atoms with Crippen LogP contribution in [0.2, 0.25) is 0 Å². The molecular weight excluding hydrogens is 152 g/mol. The number of nitrogen functional groups attached to an aromatic ring is 1. The molecule has 0 aromatic carbocycles. The van der Waals surface area contributed by atoms with Gasteiger partial charge in [-0.1, -0.05) is 0 Å². The number of pyridine rings is 1. The average molecular weight is 160 g/mol. The fraction of sp³-hybridized carbons (Fsp3) is 0. The summed E-state index contributed by atoms with van der Waals surface area (Å²) in [7, 11) is 0. The maximum Gasteiger partial charge on any atom is 0.0996 e. The number of anilines is 1. The SMILES string of the molecule is Nc1ccc(-c2ccoc2)nc1. The summed E-state index contributed by atoms with van der Waals surface area (Å²) in [5, 5.41) is 0. The van der Waals surface area contributed by atoms with Crippen molar-refractivity contribution in [3.8, 4) is 11.3 Å². The first kappa shape index (κ1) is 6.91. The van der Waals surface area contributed by atoms with Crippen molar-refractivity contribution in [2.24, 2.45) is 0 Å². The lowest BCUT2D eigenvalue weighted by Crippen LogP contribution is -1.86. The third-order valence-electron chi connectivity index (χ3n) is 1.60. The Balaban J connectivity index is 2.43. The largest absolute Gasteiger partial charge is 0.472 e. The quantitative estimate of drug-likeness (QED) is 0.693. The molecule has 0 saturated heterocycles. The van der Waals surface area contributed by atoms with Gasteiger partial charge in [-0.25, -0.2) is 0 Å². The maximum absolute atomic E-state index is 5.49. The smallest absolute Gasteiger partial charge is 0.0996 e. The highest BCUT2D eigenvalue weighted by molar-refractivity contribution is 5.58. The molecule has 0 spiro atoms. The summed E-state index contributed by atoms with van der Waals surface area (Å²) in [6.07, 6.45) is 4.90. The Morgan fingerprint density at radius 2 is 2.17 bits per heavy atom. The minimum absolute atomic E-state index is 0.669. The predicted molar refractivity (Wildman–Crippen MR) is 46.4 cm³/mol. The molecule has 0 bridgehead atoms. The Morgan fingerprint density at radius 1 is 1.25 bits per heavy atom. The molecule has 0 radical (unpaired) electrons. The van der Waals surface area contributed by atoms with Crippen molar-refractivity contribution >= 4 is 5.69 Å². The molecule has 2 aromatic heterocycles. The van der Waals surface area contributed by atoms with Gasteiger partial charge < -0.3 is 10.2 Å². The summed E-state index contributed by atoms with van der Waals surface area (Å²) in [6, 6.07) is 5.54. The summed E-state index contributed by atoms with van der Waals surface area (Å²) < 4.78 is 4.93. The fourth-order valence-electron chi connectivity index (χ4n) is 0.986. The van der Waals surface area contributed by atoms with Crippen LogP contribution >= 0.6 is 0 Å². The molecule has 0 amide bonds. The number of furan rings is 1. The average Bonchev–Trinajstić information content (AvgIpc) is 2.58. The number of rotatable bonds is 1. The molecule has 2 rings (SSSR count). The topological polar surface area (TPSA) is 52.0 Å². The first-order chi connectivity index (χ1) is 5.86.